The minimum Gasteiger partial charge on any atom is -0.487 e. The van der Waals surface area contributed by atoms with Crippen molar-refractivity contribution in [2.24, 2.45) is 5.92 Å². The largest absolute Gasteiger partial charge is 0.487 e. The molecule has 0 aliphatic rings. The molecule has 1 unspecified atom stereocenters. The first-order chi connectivity index (χ1) is 14.4. The Hall–Kier alpha value is -2.83. The third kappa shape index (κ3) is 7.42. The Kier molecular flexibility index (Phi) is 7.87. The van der Waals surface area contributed by atoms with Crippen molar-refractivity contribution in [3.8, 4) is 5.75 Å². The number of ether oxygens (including phenoxy) is 1. The van der Waals surface area contributed by atoms with E-state index >= 15 is 0 Å². The number of carbonyl (C=O) groups excluding carboxylic acids is 2. The van der Waals surface area contributed by atoms with Gasteiger partial charge in [-0.1, -0.05) is 13.8 Å². The number of nitrogens with zero attached hydrogens (tertiary/aromatic N) is 1. The number of amides is 1. The van der Waals surface area contributed by atoms with Gasteiger partial charge in [-0.3, -0.25) is 14.6 Å². The Labute approximate surface area is 182 Å². The van der Waals surface area contributed by atoms with E-state index in [0.29, 0.717) is 22.6 Å². The van der Waals surface area contributed by atoms with Crippen LogP contribution in [0.4, 0.5) is 8.78 Å². The number of aryl methyl sites for hydroxylation is 2. The quantitative estimate of drug-likeness (QED) is 0.606. The number of Topliss-reactive ketones (excluding diaryl/α,β-unsaturated/α-hetero) is 1. The van der Waals surface area contributed by atoms with Crippen molar-refractivity contribution in [2.75, 3.05) is 6.61 Å². The molecule has 1 N–H and O–H groups in total. The minimum atomic E-state index is -2.93. The molecule has 5 nitrogen and oxygen atoms in total. The first-order valence-corrected chi connectivity index (χ1v) is 10.3. The van der Waals surface area contributed by atoms with Gasteiger partial charge >= 0.3 is 0 Å². The van der Waals surface area contributed by atoms with E-state index in [9.17, 15) is 18.4 Å². The zero-order valence-corrected chi connectivity index (χ0v) is 18.9. The van der Waals surface area contributed by atoms with Gasteiger partial charge in [0.2, 0.25) is 0 Å². The monoisotopic (exact) mass is 432 g/mol. The molecule has 0 aliphatic heterocycles. The Morgan fingerprint density at radius 2 is 1.81 bits per heavy atom. The molecule has 0 radical (unpaired) electrons. The van der Waals surface area contributed by atoms with Crippen molar-refractivity contribution in [1.82, 2.24) is 10.3 Å². The maximum Gasteiger partial charge on any atom is 0.278 e. The first-order valence-electron chi connectivity index (χ1n) is 10.3. The SMILES string of the molecule is Cc1cc(C(C)NC(=O)c2ccc(OCC(C)(F)F)c(C)c2)cc(CC(=O)C(C)C)n1. The van der Waals surface area contributed by atoms with Gasteiger partial charge in [-0.2, -0.15) is 0 Å². The number of hydrogen-bond acceptors (Lipinski definition) is 4. The average Bonchev–Trinajstić information content (AvgIpc) is 2.65. The highest BCUT2D eigenvalue weighted by atomic mass is 19.3. The predicted molar refractivity (Wildman–Crippen MR) is 116 cm³/mol. The number of rotatable bonds is 9. The molecular formula is C24H30F2N2O3. The van der Waals surface area contributed by atoms with Crippen LogP contribution in [0.5, 0.6) is 5.75 Å². The Morgan fingerprint density at radius 3 is 2.39 bits per heavy atom. The van der Waals surface area contributed by atoms with Crippen LogP contribution >= 0.6 is 0 Å². The van der Waals surface area contributed by atoms with Crippen LogP contribution < -0.4 is 10.1 Å². The van der Waals surface area contributed by atoms with Crippen molar-refractivity contribution in [2.45, 2.75) is 59.9 Å². The third-order valence-electron chi connectivity index (χ3n) is 4.79. The van der Waals surface area contributed by atoms with Crippen molar-refractivity contribution < 1.29 is 23.1 Å². The molecule has 2 rings (SSSR count). The normalized spacial score (nSPS) is 12.5. The number of aromatic nitrogens is 1. The second-order valence-electron chi connectivity index (χ2n) is 8.37. The third-order valence-corrected chi connectivity index (χ3v) is 4.79. The number of ketones is 1. The highest BCUT2D eigenvalue weighted by molar-refractivity contribution is 5.94. The van der Waals surface area contributed by atoms with Crippen molar-refractivity contribution in [3.05, 3.63) is 58.4 Å². The number of benzene rings is 1. The molecule has 168 valence electrons. The number of pyridine rings is 1. The van der Waals surface area contributed by atoms with Crippen LogP contribution in [-0.4, -0.2) is 29.2 Å². The van der Waals surface area contributed by atoms with Gasteiger partial charge in [-0.15, -0.1) is 0 Å². The van der Waals surface area contributed by atoms with Crippen molar-refractivity contribution in [3.63, 3.8) is 0 Å². The lowest BCUT2D eigenvalue weighted by molar-refractivity contribution is -0.121. The number of carbonyl (C=O) groups is 2. The van der Waals surface area contributed by atoms with E-state index in [2.05, 4.69) is 10.3 Å². The summed E-state index contributed by atoms with van der Waals surface area (Å²) in [7, 11) is 0. The molecule has 1 amide bonds. The van der Waals surface area contributed by atoms with Gasteiger partial charge in [-0.05, 0) is 62.2 Å². The van der Waals surface area contributed by atoms with Gasteiger partial charge in [0.25, 0.3) is 11.8 Å². The molecule has 31 heavy (non-hydrogen) atoms. The highest BCUT2D eigenvalue weighted by Gasteiger charge is 2.22. The van der Waals surface area contributed by atoms with E-state index in [4.69, 9.17) is 4.74 Å². The molecule has 0 spiro atoms. The standard InChI is InChI=1S/C24H30F2N2O3/c1-14(2)21(29)12-20-11-19(10-16(4)27-20)17(5)28-23(30)18-7-8-22(15(3)9-18)31-13-24(6,25)26/h7-11,14,17H,12-13H2,1-6H3,(H,28,30). The van der Waals surface area contributed by atoms with Gasteiger partial charge < -0.3 is 10.1 Å². The maximum atomic E-state index is 13.0. The molecule has 0 bridgehead atoms. The summed E-state index contributed by atoms with van der Waals surface area (Å²) in [6, 6.07) is 8.08. The van der Waals surface area contributed by atoms with Gasteiger partial charge in [0.15, 0.2) is 6.61 Å². The fraction of sp³-hybridized carbons (Fsp3) is 0.458. The summed E-state index contributed by atoms with van der Waals surface area (Å²) in [5.41, 5.74) is 3.31. The summed E-state index contributed by atoms with van der Waals surface area (Å²) in [5.74, 6) is -2.87. The summed E-state index contributed by atoms with van der Waals surface area (Å²) >= 11 is 0. The van der Waals surface area contributed by atoms with E-state index in [1.54, 1.807) is 19.1 Å². The number of halogens is 2. The molecule has 0 aliphatic carbocycles. The molecule has 1 aromatic carbocycles. The minimum absolute atomic E-state index is 0.0679. The maximum absolute atomic E-state index is 13.0. The zero-order valence-electron chi connectivity index (χ0n) is 18.9. The lowest BCUT2D eigenvalue weighted by Crippen LogP contribution is -2.27. The lowest BCUT2D eigenvalue weighted by Gasteiger charge is -2.17. The zero-order chi connectivity index (χ0) is 23.3. The summed E-state index contributed by atoms with van der Waals surface area (Å²) in [4.78, 5) is 29.2. The molecule has 2 aromatic rings. The topological polar surface area (TPSA) is 68.3 Å². The smallest absolute Gasteiger partial charge is 0.278 e. The van der Waals surface area contributed by atoms with E-state index in [-0.39, 0.29) is 30.1 Å². The van der Waals surface area contributed by atoms with Crippen molar-refractivity contribution in [1.29, 1.82) is 0 Å². The van der Waals surface area contributed by atoms with E-state index in [1.807, 2.05) is 39.8 Å². The van der Waals surface area contributed by atoms with Gasteiger partial charge in [0.1, 0.15) is 11.5 Å². The summed E-state index contributed by atoms with van der Waals surface area (Å²) in [6.07, 6.45) is 0.254. The molecular weight excluding hydrogens is 402 g/mol. The number of hydrogen-bond donors (Lipinski definition) is 1. The summed E-state index contributed by atoms with van der Waals surface area (Å²) in [5, 5.41) is 2.93. The molecule has 1 heterocycles. The van der Waals surface area contributed by atoms with E-state index in [1.165, 1.54) is 6.07 Å². The Balaban J connectivity index is 2.11. The number of alkyl halides is 2. The molecule has 7 heteroatoms. The molecule has 1 aromatic heterocycles. The van der Waals surface area contributed by atoms with Crippen LogP contribution in [0.2, 0.25) is 0 Å². The molecule has 0 fully saturated rings. The van der Waals surface area contributed by atoms with Gasteiger partial charge in [0.05, 0.1) is 6.04 Å². The van der Waals surface area contributed by atoms with Crippen LogP contribution in [0, 0.1) is 19.8 Å². The van der Waals surface area contributed by atoms with Gasteiger partial charge in [-0.25, -0.2) is 8.78 Å². The van der Waals surface area contributed by atoms with Gasteiger partial charge in [0, 0.05) is 36.2 Å². The van der Waals surface area contributed by atoms with E-state index < -0.39 is 12.5 Å². The van der Waals surface area contributed by atoms with Crippen LogP contribution in [-0.2, 0) is 11.2 Å². The lowest BCUT2D eigenvalue weighted by atomic mass is 10.0. The second-order valence-corrected chi connectivity index (χ2v) is 8.37. The number of nitrogens with one attached hydrogen (secondary N) is 1. The first kappa shape index (κ1) is 24.4. The fourth-order valence-electron chi connectivity index (χ4n) is 3.01. The molecule has 0 saturated carbocycles. The Morgan fingerprint density at radius 1 is 1.13 bits per heavy atom. The van der Waals surface area contributed by atoms with Crippen LogP contribution in [0.15, 0.2) is 30.3 Å². The predicted octanol–water partition coefficient (Wildman–Crippen LogP) is 4.99. The molecule has 1 atom stereocenters. The summed E-state index contributed by atoms with van der Waals surface area (Å²) < 4.78 is 31.2. The fourth-order valence-corrected chi connectivity index (χ4v) is 3.01. The van der Waals surface area contributed by atoms with Crippen LogP contribution in [0.1, 0.15) is 66.6 Å². The Bertz CT molecular complexity index is 952. The second kappa shape index (κ2) is 9.98. The van der Waals surface area contributed by atoms with Crippen LogP contribution in [0.3, 0.4) is 0 Å². The highest BCUT2D eigenvalue weighted by Crippen LogP contribution is 2.23. The van der Waals surface area contributed by atoms with Crippen LogP contribution in [0.25, 0.3) is 0 Å². The summed E-state index contributed by atoms with van der Waals surface area (Å²) in [6.45, 7) is 9.18. The van der Waals surface area contributed by atoms with Crippen molar-refractivity contribution >= 4 is 11.7 Å². The van der Waals surface area contributed by atoms with E-state index in [0.717, 1.165) is 18.2 Å². The molecule has 0 saturated heterocycles. The average molecular weight is 433 g/mol.